The van der Waals surface area contributed by atoms with Gasteiger partial charge in [-0.3, -0.25) is 4.79 Å². The lowest BCUT2D eigenvalue weighted by molar-refractivity contribution is -0.148. The highest BCUT2D eigenvalue weighted by molar-refractivity contribution is 5.79. The number of ether oxygens (including phenoxy) is 2. The van der Waals surface area contributed by atoms with Crippen molar-refractivity contribution in [2.75, 3.05) is 19.8 Å². The molecule has 0 aromatic carbocycles. The number of hydrogen-bond donors (Lipinski definition) is 2. The van der Waals surface area contributed by atoms with Crippen molar-refractivity contribution in [3.63, 3.8) is 0 Å². The molecule has 1 aromatic rings. The molecule has 2 aliphatic rings. The molecule has 1 aliphatic heterocycles. The molecule has 2 atom stereocenters. The van der Waals surface area contributed by atoms with E-state index in [0.717, 1.165) is 18.7 Å². The van der Waals surface area contributed by atoms with Crippen LogP contribution in [-0.2, 0) is 21.3 Å². The normalized spacial score (nSPS) is 33.0. The van der Waals surface area contributed by atoms with Gasteiger partial charge in [0.1, 0.15) is 11.9 Å². The molecule has 2 N–H and O–H groups in total. The second kappa shape index (κ2) is 7.21. The zero-order chi connectivity index (χ0) is 17.2. The molecule has 0 radical (unpaired) electrons. The molecule has 1 aromatic heterocycles. The molecule has 0 unspecified atom stereocenters. The van der Waals surface area contributed by atoms with Gasteiger partial charge >= 0.3 is 0 Å². The van der Waals surface area contributed by atoms with E-state index in [9.17, 15) is 9.90 Å². The molecule has 2 heterocycles. The van der Waals surface area contributed by atoms with Crippen LogP contribution in [0, 0.1) is 5.92 Å². The van der Waals surface area contributed by atoms with Crippen molar-refractivity contribution < 1.29 is 19.4 Å². The van der Waals surface area contributed by atoms with E-state index in [2.05, 4.69) is 10.3 Å². The lowest BCUT2D eigenvalue weighted by atomic mass is 9.77. The maximum absolute atomic E-state index is 12.6. The molecular weight excluding hydrogens is 310 g/mol. The minimum Gasteiger partial charge on any atom is -0.388 e. The Kier molecular flexibility index (Phi) is 5.22. The van der Waals surface area contributed by atoms with Crippen molar-refractivity contribution in [1.29, 1.82) is 0 Å². The number of rotatable bonds is 6. The zero-order valence-electron chi connectivity index (χ0n) is 14.4. The topological polar surface area (TPSA) is 85.6 Å². The SMILES string of the molecule is CCOC1CC(O)(CNC(=O)[C@@H]2CCCO[C@H]2c2nccn2C)C1. The smallest absolute Gasteiger partial charge is 0.226 e. The Bertz CT molecular complexity index is 568. The molecule has 1 aliphatic carbocycles. The summed E-state index contributed by atoms with van der Waals surface area (Å²) in [6.45, 7) is 3.50. The van der Waals surface area contributed by atoms with Gasteiger partial charge in [0.2, 0.25) is 5.91 Å². The fourth-order valence-electron chi connectivity index (χ4n) is 3.62. The van der Waals surface area contributed by atoms with Crippen LogP contribution in [0.1, 0.15) is 44.5 Å². The van der Waals surface area contributed by atoms with Crippen molar-refractivity contribution in [1.82, 2.24) is 14.9 Å². The van der Waals surface area contributed by atoms with E-state index in [-0.39, 0.29) is 30.6 Å². The van der Waals surface area contributed by atoms with Crippen molar-refractivity contribution in [2.45, 2.75) is 50.4 Å². The maximum atomic E-state index is 12.6. The van der Waals surface area contributed by atoms with Crippen molar-refractivity contribution in [2.24, 2.45) is 13.0 Å². The molecule has 2 fully saturated rings. The third kappa shape index (κ3) is 3.63. The number of nitrogens with zero attached hydrogens (tertiary/aromatic N) is 2. The van der Waals surface area contributed by atoms with Crippen LogP contribution in [0.15, 0.2) is 12.4 Å². The van der Waals surface area contributed by atoms with Crippen LogP contribution >= 0.6 is 0 Å². The van der Waals surface area contributed by atoms with Gasteiger partial charge in [-0.2, -0.15) is 0 Å². The third-order valence-corrected chi connectivity index (χ3v) is 4.98. The Morgan fingerprint density at radius 3 is 3.04 bits per heavy atom. The van der Waals surface area contributed by atoms with Gasteiger partial charge in [-0.25, -0.2) is 4.98 Å². The molecular formula is C17H27N3O4. The van der Waals surface area contributed by atoms with Crippen LogP contribution in [0.2, 0.25) is 0 Å². The number of aliphatic hydroxyl groups is 1. The van der Waals surface area contributed by atoms with Gasteiger partial charge in [-0.05, 0) is 19.8 Å². The predicted octanol–water partition coefficient (Wildman–Crippen LogP) is 0.934. The average molecular weight is 337 g/mol. The molecule has 0 spiro atoms. The number of carbonyl (C=O) groups excluding carboxylic acids is 1. The summed E-state index contributed by atoms with van der Waals surface area (Å²) < 4.78 is 13.2. The van der Waals surface area contributed by atoms with Gasteiger partial charge in [0.15, 0.2) is 0 Å². The average Bonchev–Trinajstić information content (AvgIpc) is 2.97. The Morgan fingerprint density at radius 2 is 2.38 bits per heavy atom. The Hall–Kier alpha value is -1.44. The summed E-state index contributed by atoms with van der Waals surface area (Å²) in [5.41, 5.74) is -0.844. The molecule has 1 amide bonds. The molecule has 3 rings (SSSR count). The van der Waals surface area contributed by atoms with Crippen LogP contribution in [0.4, 0.5) is 0 Å². The van der Waals surface area contributed by atoms with Crippen molar-refractivity contribution in [3.8, 4) is 0 Å². The first-order valence-corrected chi connectivity index (χ1v) is 8.73. The summed E-state index contributed by atoms with van der Waals surface area (Å²) in [6, 6.07) is 0. The predicted molar refractivity (Wildman–Crippen MR) is 87.2 cm³/mol. The number of hydrogen-bond acceptors (Lipinski definition) is 5. The number of aromatic nitrogens is 2. The lowest BCUT2D eigenvalue weighted by Crippen LogP contribution is -2.56. The Balaban J connectivity index is 1.56. The van der Waals surface area contributed by atoms with Crippen molar-refractivity contribution in [3.05, 3.63) is 18.2 Å². The highest BCUT2D eigenvalue weighted by atomic mass is 16.5. The third-order valence-electron chi connectivity index (χ3n) is 4.98. The number of aryl methyl sites for hydroxylation is 1. The second-order valence-corrected chi connectivity index (χ2v) is 6.86. The lowest BCUT2D eigenvalue weighted by Gasteiger charge is -2.43. The van der Waals surface area contributed by atoms with Gasteiger partial charge in [-0.15, -0.1) is 0 Å². The quantitative estimate of drug-likeness (QED) is 0.807. The van der Waals surface area contributed by atoms with Crippen LogP contribution in [0.3, 0.4) is 0 Å². The summed E-state index contributed by atoms with van der Waals surface area (Å²) in [5.74, 6) is 0.427. The summed E-state index contributed by atoms with van der Waals surface area (Å²) in [5, 5.41) is 13.3. The monoisotopic (exact) mass is 337 g/mol. The minimum absolute atomic E-state index is 0.0732. The first-order chi connectivity index (χ1) is 11.5. The van der Waals surface area contributed by atoms with E-state index in [1.165, 1.54) is 0 Å². The Labute approximate surface area is 142 Å². The molecule has 134 valence electrons. The largest absolute Gasteiger partial charge is 0.388 e. The molecule has 7 nitrogen and oxygen atoms in total. The van der Waals surface area contributed by atoms with Gasteiger partial charge in [0, 0.05) is 52.0 Å². The van der Waals surface area contributed by atoms with E-state index in [1.54, 1.807) is 6.20 Å². The van der Waals surface area contributed by atoms with Crippen LogP contribution in [-0.4, -0.2) is 52.0 Å². The summed E-state index contributed by atoms with van der Waals surface area (Å²) in [6.07, 6.45) is 6.12. The fraction of sp³-hybridized carbons (Fsp3) is 0.765. The zero-order valence-corrected chi connectivity index (χ0v) is 14.4. The van der Waals surface area contributed by atoms with Crippen molar-refractivity contribution >= 4 is 5.91 Å². The number of imidazole rings is 1. The van der Waals surface area contributed by atoms with Gasteiger partial charge in [0.25, 0.3) is 0 Å². The standard InChI is InChI=1S/C17H27N3O4/c1-3-23-12-9-17(22,10-12)11-19-16(21)13-5-4-8-24-14(13)15-18-6-7-20(15)2/h6-7,12-14,22H,3-5,8-11H2,1-2H3,(H,19,21)/t12?,13-,14-,17?/m1/s1. The first-order valence-electron chi connectivity index (χ1n) is 8.73. The Morgan fingerprint density at radius 1 is 1.58 bits per heavy atom. The van der Waals surface area contributed by atoms with E-state index < -0.39 is 5.60 Å². The van der Waals surface area contributed by atoms with Crippen LogP contribution in [0.25, 0.3) is 0 Å². The summed E-state index contributed by atoms with van der Waals surface area (Å²) in [7, 11) is 1.90. The van der Waals surface area contributed by atoms with E-state index >= 15 is 0 Å². The number of nitrogens with one attached hydrogen (secondary N) is 1. The van der Waals surface area contributed by atoms with E-state index in [0.29, 0.717) is 26.1 Å². The summed E-state index contributed by atoms with van der Waals surface area (Å²) >= 11 is 0. The van der Waals surface area contributed by atoms with Crippen LogP contribution < -0.4 is 5.32 Å². The first kappa shape index (κ1) is 17.4. The maximum Gasteiger partial charge on any atom is 0.226 e. The molecule has 1 saturated carbocycles. The highest BCUT2D eigenvalue weighted by Gasteiger charge is 2.44. The van der Waals surface area contributed by atoms with E-state index in [4.69, 9.17) is 9.47 Å². The van der Waals surface area contributed by atoms with Gasteiger partial charge in [0.05, 0.1) is 17.6 Å². The van der Waals surface area contributed by atoms with Crippen LogP contribution in [0.5, 0.6) is 0 Å². The minimum atomic E-state index is -0.844. The molecule has 1 saturated heterocycles. The molecule has 7 heteroatoms. The molecule has 0 bridgehead atoms. The number of carbonyl (C=O) groups is 1. The number of amides is 1. The summed E-state index contributed by atoms with van der Waals surface area (Å²) in [4.78, 5) is 17.0. The van der Waals surface area contributed by atoms with E-state index in [1.807, 2.05) is 24.7 Å². The fourth-order valence-corrected chi connectivity index (χ4v) is 3.62. The van der Waals surface area contributed by atoms with Gasteiger partial charge in [-0.1, -0.05) is 0 Å². The van der Waals surface area contributed by atoms with Gasteiger partial charge < -0.3 is 24.5 Å². The molecule has 24 heavy (non-hydrogen) atoms. The highest BCUT2D eigenvalue weighted by Crippen LogP contribution is 2.35. The second-order valence-electron chi connectivity index (χ2n) is 6.86.